The van der Waals surface area contributed by atoms with Crippen molar-refractivity contribution in [1.29, 1.82) is 0 Å². The molecule has 1 N–H and O–H groups in total. The normalized spacial score (nSPS) is 18.4. The molecule has 3 heteroatoms. The second-order valence-corrected chi connectivity index (χ2v) is 1.50. The second kappa shape index (κ2) is 1.40. The van der Waals surface area contributed by atoms with E-state index >= 15 is 0 Å². The quantitative estimate of drug-likeness (QED) is 0.493. The predicted octanol–water partition coefficient (Wildman–Crippen LogP) is -0.0110. The van der Waals surface area contributed by atoms with Gasteiger partial charge in [-0.3, -0.25) is 0 Å². The molecule has 40 valence electrons. The van der Waals surface area contributed by atoms with E-state index in [1.54, 1.807) is 4.90 Å². The topological polar surface area (TPSA) is 32.3 Å². The first-order valence-corrected chi connectivity index (χ1v) is 2.37. The van der Waals surface area contributed by atoms with Gasteiger partial charge < -0.3 is 10.2 Å². The molecule has 3 nitrogen and oxygen atoms in total. The zero-order valence-electron chi connectivity index (χ0n) is 4.27. The highest BCUT2D eigenvalue weighted by Gasteiger charge is 2.19. The Morgan fingerprint density at radius 1 is 2.00 bits per heavy atom. The van der Waals surface area contributed by atoms with Gasteiger partial charge in [0.25, 0.3) is 0 Å². The maximum Gasteiger partial charge on any atom is 0.320 e. The summed E-state index contributed by atoms with van der Waals surface area (Å²) < 4.78 is 0. The molecule has 0 aromatic rings. The molecule has 0 aromatic carbocycles. The molecule has 1 aliphatic heterocycles. The zero-order chi connectivity index (χ0) is 5.28. The van der Waals surface area contributed by atoms with Crippen molar-refractivity contribution in [3.63, 3.8) is 0 Å². The SMILES string of the molecule is CCN1CNC1=O. The minimum Gasteiger partial charge on any atom is -0.320 e. The largest absolute Gasteiger partial charge is 0.320 e. The Bertz CT molecular complexity index is 89.7. The Balaban J connectivity index is 2.29. The number of nitrogens with zero attached hydrogens (tertiary/aromatic N) is 1. The molecule has 1 saturated heterocycles. The molecule has 2 amide bonds. The summed E-state index contributed by atoms with van der Waals surface area (Å²) in [6.07, 6.45) is 0. The zero-order valence-corrected chi connectivity index (χ0v) is 4.27. The summed E-state index contributed by atoms with van der Waals surface area (Å²) >= 11 is 0. The molecule has 1 rings (SSSR count). The van der Waals surface area contributed by atoms with Crippen LogP contribution in [0.4, 0.5) is 4.79 Å². The number of amides is 2. The van der Waals surface area contributed by atoms with E-state index in [9.17, 15) is 4.79 Å². The molecule has 0 bridgehead atoms. The summed E-state index contributed by atoms with van der Waals surface area (Å²) in [5.74, 6) is 0. The van der Waals surface area contributed by atoms with Gasteiger partial charge in [-0.25, -0.2) is 4.79 Å². The van der Waals surface area contributed by atoms with Crippen molar-refractivity contribution in [3.8, 4) is 0 Å². The van der Waals surface area contributed by atoms with Gasteiger partial charge in [0.2, 0.25) is 0 Å². The van der Waals surface area contributed by atoms with Crippen molar-refractivity contribution >= 4 is 6.03 Å². The lowest BCUT2D eigenvalue weighted by Gasteiger charge is -2.30. The summed E-state index contributed by atoms with van der Waals surface area (Å²) in [5.41, 5.74) is 0. The van der Waals surface area contributed by atoms with Gasteiger partial charge in [-0.15, -0.1) is 0 Å². The van der Waals surface area contributed by atoms with Crippen LogP contribution in [0.3, 0.4) is 0 Å². The van der Waals surface area contributed by atoms with Gasteiger partial charge in [-0.2, -0.15) is 0 Å². The number of hydrogen-bond donors (Lipinski definition) is 1. The van der Waals surface area contributed by atoms with Crippen LogP contribution in [-0.4, -0.2) is 24.1 Å². The Morgan fingerprint density at radius 2 is 2.71 bits per heavy atom. The van der Waals surface area contributed by atoms with Gasteiger partial charge in [0.05, 0.1) is 6.67 Å². The molecule has 1 fully saturated rings. The molecule has 0 spiro atoms. The van der Waals surface area contributed by atoms with Gasteiger partial charge in [0, 0.05) is 6.54 Å². The van der Waals surface area contributed by atoms with Gasteiger partial charge in [-0.05, 0) is 6.92 Å². The van der Waals surface area contributed by atoms with E-state index in [1.807, 2.05) is 6.92 Å². The van der Waals surface area contributed by atoms with Crippen LogP contribution in [0.1, 0.15) is 6.92 Å². The van der Waals surface area contributed by atoms with Crippen LogP contribution in [0.5, 0.6) is 0 Å². The fraction of sp³-hybridized carbons (Fsp3) is 0.750. The number of nitrogens with one attached hydrogen (secondary N) is 1. The van der Waals surface area contributed by atoms with Crippen molar-refractivity contribution in [2.75, 3.05) is 13.2 Å². The van der Waals surface area contributed by atoms with Gasteiger partial charge in [-0.1, -0.05) is 0 Å². The monoisotopic (exact) mass is 100 g/mol. The lowest BCUT2D eigenvalue weighted by Crippen LogP contribution is -2.56. The average Bonchev–Trinajstić information content (AvgIpc) is 1.65. The third-order valence-electron chi connectivity index (χ3n) is 1.09. The molecule has 0 unspecified atom stereocenters. The predicted molar refractivity (Wildman–Crippen MR) is 25.8 cm³/mol. The van der Waals surface area contributed by atoms with Crippen LogP contribution in [0, 0.1) is 0 Å². The Morgan fingerprint density at radius 3 is 2.71 bits per heavy atom. The lowest BCUT2D eigenvalue weighted by molar-refractivity contribution is 0.160. The first kappa shape index (κ1) is 4.43. The third-order valence-corrected chi connectivity index (χ3v) is 1.09. The Labute approximate surface area is 42.3 Å². The lowest BCUT2D eigenvalue weighted by atomic mass is 10.5. The average molecular weight is 100 g/mol. The molecule has 0 saturated carbocycles. The summed E-state index contributed by atoms with van der Waals surface area (Å²) in [7, 11) is 0. The summed E-state index contributed by atoms with van der Waals surface area (Å²) in [6.45, 7) is 3.51. The minimum absolute atomic E-state index is 0.0579. The van der Waals surface area contributed by atoms with E-state index in [0.29, 0.717) is 0 Å². The van der Waals surface area contributed by atoms with E-state index in [-0.39, 0.29) is 6.03 Å². The summed E-state index contributed by atoms with van der Waals surface area (Å²) in [6, 6.07) is 0.0579. The first-order chi connectivity index (χ1) is 3.34. The van der Waals surface area contributed by atoms with Crippen LogP contribution in [-0.2, 0) is 0 Å². The van der Waals surface area contributed by atoms with E-state index in [0.717, 1.165) is 13.2 Å². The number of carbonyl (C=O) groups excluding carboxylic acids is 1. The van der Waals surface area contributed by atoms with Crippen LogP contribution in [0.25, 0.3) is 0 Å². The van der Waals surface area contributed by atoms with Crippen LogP contribution in [0.2, 0.25) is 0 Å². The van der Waals surface area contributed by atoms with E-state index in [1.165, 1.54) is 0 Å². The molecule has 0 aromatic heterocycles. The van der Waals surface area contributed by atoms with Crippen molar-refractivity contribution < 1.29 is 4.79 Å². The van der Waals surface area contributed by atoms with Crippen molar-refractivity contribution in [1.82, 2.24) is 10.2 Å². The highest BCUT2D eigenvalue weighted by molar-refractivity contribution is 5.78. The van der Waals surface area contributed by atoms with Crippen LogP contribution >= 0.6 is 0 Å². The molecular weight excluding hydrogens is 92.1 g/mol. The smallest absolute Gasteiger partial charge is 0.320 e. The van der Waals surface area contributed by atoms with E-state index < -0.39 is 0 Å². The summed E-state index contributed by atoms with van der Waals surface area (Å²) in [5, 5.41) is 2.60. The number of carbonyl (C=O) groups is 1. The van der Waals surface area contributed by atoms with Crippen LogP contribution < -0.4 is 5.32 Å². The molecule has 0 atom stereocenters. The third kappa shape index (κ3) is 0.534. The van der Waals surface area contributed by atoms with Crippen molar-refractivity contribution in [2.24, 2.45) is 0 Å². The maximum atomic E-state index is 10.3. The number of hydrogen-bond acceptors (Lipinski definition) is 1. The molecule has 7 heavy (non-hydrogen) atoms. The summed E-state index contributed by atoms with van der Waals surface area (Å²) in [4.78, 5) is 12.0. The molecule has 0 aliphatic carbocycles. The minimum atomic E-state index is 0.0579. The first-order valence-electron chi connectivity index (χ1n) is 2.37. The fourth-order valence-electron chi connectivity index (χ4n) is 0.511. The highest BCUT2D eigenvalue weighted by atomic mass is 16.2. The Kier molecular flexibility index (Phi) is 0.889. The van der Waals surface area contributed by atoms with E-state index in [4.69, 9.17) is 0 Å². The van der Waals surface area contributed by atoms with Crippen molar-refractivity contribution in [2.45, 2.75) is 6.92 Å². The second-order valence-electron chi connectivity index (χ2n) is 1.50. The fourth-order valence-corrected chi connectivity index (χ4v) is 0.511. The molecular formula is C4H8N2O. The van der Waals surface area contributed by atoms with E-state index in [2.05, 4.69) is 5.32 Å². The molecule has 1 heterocycles. The molecule has 0 radical (unpaired) electrons. The standard InChI is InChI=1S/C4H8N2O/c1-2-6-3-5-4(6)7/h2-3H2,1H3,(H,5,7). The van der Waals surface area contributed by atoms with Gasteiger partial charge in [0.1, 0.15) is 0 Å². The Hall–Kier alpha value is -0.730. The van der Waals surface area contributed by atoms with Crippen molar-refractivity contribution in [3.05, 3.63) is 0 Å². The maximum absolute atomic E-state index is 10.3. The van der Waals surface area contributed by atoms with Crippen LogP contribution in [0.15, 0.2) is 0 Å². The van der Waals surface area contributed by atoms with Gasteiger partial charge in [0.15, 0.2) is 0 Å². The number of rotatable bonds is 1. The highest BCUT2D eigenvalue weighted by Crippen LogP contribution is 1.94. The van der Waals surface area contributed by atoms with Gasteiger partial charge >= 0.3 is 6.03 Å². The number of urea groups is 1. The molecule has 1 aliphatic rings.